The Hall–Kier alpha value is -2.72. The largest absolute Gasteiger partial charge is 0.497 e. The van der Waals surface area contributed by atoms with Gasteiger partial charge in [0.1, 0.15) is 11.5 Å². The first-order chi connectivity index (χ1) is 14.4. The lowest BCUT2D eigenvalue weighted by Gasteiger charge is -2.21. The van der Waals surface area contributed by atoms with E-state index in [-0.39, 0.29) is 23.6 Å². The molecule has 0 aliphatic carbocycles. The highest BCUT2D eigenvalue weighted by molar-refractivity contribution is 7.99. The van der Waals surface area contributed by atoms with E-state index in [1.807, 2.05) is 17.5 Å². The molecule has 1 amide bonds. The molecule has 0 bridgehead atoms. The second-order valence-corrected chi connectivity index (χ2v) is 8.76. The van der Waals surface area contributed by atoms with E-state index in [0.717, 1.165) is 4.88 Å². The third-order valence-corrected chi connectivity index (χ3v) is 6.38. The predicted molar refractivity (Wildman–Crippen MR) is 119 cm³/mol. The molecule has 3 rings (SSSR count). The van der Waals surface area contributed by atoms with Crippen LogP contribution in [0.1, 0.15) is 24.8 Å². The van der Waals surface area contributed by atoms with Crippen molar-refractivity contribution < 1.29 is 14.3 Å². The maximum atomic E-state index is 12.5. The molecule has 0 saturated heterocycles. The number of hydrogen-bond acceptors (Lipinski definition) is 8. The molecular weight excluding hydrogens is 422 g/mol. The van der Waals surface area contributed by atoms with Crippen LogP contribution in [0.25, 0.3) is 11.4 Å². The molecule has 0 radical (unpaired) electrons. The number of nitrogens with two attached hydrogens (primary N) is 1. The number of aromatic nitrogens is 3. The fourth-order valence-electron chi connectivity index (χ4n) is 2.92. The lowest BCUT2D eigenvalue weighted by Crippen LogP contribution is -2.32. The number of thioether (sulfide) groups is 1. The summed E-state index contributed by atoms with van der Waals surface area (Å²) >= 11 is 2.87. The van der Waals surface area contributed by atoms with Crippen LogP contribution in [-0.2, 0) is 4.79 Å². The van der Waals surface area contributed by atoms with E-state index in [1.165, 1.54) is 16.4 Å². The average Bonchev–Trinajstić information content (AvgIpc) is 3.40. The van der Waals surface area contributed by atoms with Crippen LogP contribution < -0.4 is 20.6 Å². The number of rotatable bonds is 9. The number of ether oxygens (including phenoxy) is 2. The van der Waals surface area contributed by atoms with Gasteiger partial charge in [-0.15, -0.1) is 21.5 Å². The molecule has 1 atom stereocenters. The Labute approximate surface area is 183 Å². The van der Waals surface area contributed by atoms with Crippen LogP contribution in [0.15, 0.2) is 40.9 Å². The molecule has 30 heavy (non-hydrogen) atoms. The molecule has 3 aromatic rings. The summed E-state index contributed by atoms with van der Waals surface area (Å²) in [4.78, 5) is 13.7. The summed E-state index contributed by atoms with van der Waals surface area (Å²) in [5.74, 6) is 8.25. The van der Waals surface area contributed by atoms with Crippen LogP contribution >= 0.6 is 23.1 Å². The number of carbonyl (C=O) groups is 1. The quantitative estimate of drug-likeness (QED) is 0.383. The van der Waals surface area contributed by atoms with E-state index in [9.17, 15) is 4.79 Å². The number of methoxy groups -OCH3 is 2. The van der Waals surface area contributed by atoms with E-state index in [2.05, 4.69) is 29.4 Å². The minimum absolute atomic E-state index is 0.0204. The SMILES string of the molecule is COc1ccc(-c2nnc(SCC(=O)NC(c3cccs3)C(C)C)n2N)c(OC)c1. The maximum Gasteiger partial charge on any atom is 0.230 e. The smallest absolute Gasteiger partial charge is 0.230 e. The number of nitrogen functional groups attached to an aromatic ring is 1. The van der Waals surface area contributed by atoms with Gasteiger partial charge in [0, 0.05) is 10.9 Å². The Morgan fingerprint density at radius 3 is 2.70 bits per heavy atom. The van der Waals surface area contributed by atoms with E-state index >= 15 is 0 Å². The van der Waals surface area contributed by atoms with Crippen molar-refractivity contribution in [3.8, 4) is 22.9 Å². The van der Waals surface area contributed by atoms with Crippen molar-refractivity contribution in [2.24, 2.45) is 5.92 Å². The van der Waals surface area contributed by atoms with Gasteiger partial charge < -0.3 is 20.6 Å². The summed E-state index contributed by atoms with van der Waals surface area (Å²) in [6, 6.07) is 9.36. The third-order valence-electron chi connectivity index (χ3n) is 4.48. The molecular formula is C20H25N5O3S2. The fraction of sp³-hybridized carbons (Fsp3) is 0.350. The zero-order valence-electron chi connectivity index (χ0n) is 17.3. The number of nitrogens with zero attached hydrogens (tertiary/aromatic N) is 3. The molecule has 8 nitrogen and oxygen atoms in total. The zero-order valence-corrected chi connectivity index (χ0v) is 18.9. The molecule has 10 heteroatoms. The standard InChI is InChI=1S/C20H25N5O3S2/c1-12(2)18(16-6-5-9-29-16)22-17(26)11-30-20-24-23-19(25(20)21)14-8-7-13(27-3)10-15(14)28-4/h5-10,12,18H,11,21H2,1-4H3,(H,22,26). The maximum absolute atomic E-state index is 12.5. The van der Waals surface area contributed by atoms with Gasteiger partial charge in [0.05, 0.1) is 31.6 Å². The van der Waals surface area contributed by atoms with Gasteiger partial charge in [-0.1, -0.05) is 31.7 Å². The number of thiophene rings is 1. The van der Waals surface area contributed by atoms with Gasteiger partial charge in [-0.25, -0.2) is 4.68 Å². The van der Waals surface area contributed by atoms with Gasteiger partial charge in [0.15, 0.2) is 5.82 Å². The van der Waals surface area contributed by atoms with Crippen molar-refractivity contribution in [1.82, 2.24) is 20.2 Å². The first-order valence-corrected chi connectivity index (χ1v) is 11.2. The van der Waals surface area contributed by atoms with Gasteiger partial charge in [0.2, 0.25) is 11.1 Å². The Bertz CT molecular complexity index is 989. The second-order valence-electron chi connectivity index (χ2n) is 6.84. The van der Waals surface area contributed by atoms with Crippen molar-refractivity contribution >= 4 is 29.0 Å². The molecule has 2 aromatic heterocycles. The molecule has 2 heterocycles. The first-order valence-electron chi connectivity index (χ1n) is 9.33. The van der Waals surface area contributed by atoms with Crippen LogP contribution in [0, 0.1) is 5.92 Å². The normalized spacial score (nSPS) is 12.0. The molecule has 0 saturated carbocycles. The van der Waals surface area contributed by atoms with Gasteiger partial charge in [-0.05, 0) is 29.5 Å². The first kappa shape index (κ1) is 22.0. The van der Waals surface area contributed by atoms with E-state index in [0.29, 0.717) is 28.0 Å². The Morgan fingerprint density at radius 2 is 2.07 bits per heavy atom. The number of hydrogen-bond donors (Lipinski definition) is 2. The number of amides is 1. The molecule has 160 valence electrons. The van der Waals surface area contributed by atoms with E-state index in [4.69, 9.17) is 15.3 Å². The van der Waals surface area contributed by atoms with Crippen LogP contribution in [0.2, 0.25) is 0 Å². The Morgan fingerprint density at radius 1 is 1.27 bits per heavy atom. The van der Waals surface area contributed by atoms with Crippen LogP contribution in [0.4, 0.5) is 0 Å². The lowest BCUT2D eigenvalue weighted by molar-refractivity contribution is -0.119. The molecule has 1 unspecified atom stereocenters. The fourth-order valence-corrected chi connectivity index (χ4v) is 4.54. The predicted octanol–water partition coefficient (Wildman–Crippen LogP) is 3.34. The number of nitrogens with one attached hydrogen (secondary N) is 1. The summed E-state index contributed by atoms with van der Waals surface area (Å²) in [5, 5.41) is 13.9. The molecule has 0 fully saturated rings. The van der Waals surface area contributed by atoms with E-state index < -0.39 is 0 Å². The van der Waals surface area contributed by atoms with Crippen molar-refractivity contribution in [2.75, 3.05) is 25.8 Å². The third kappa shape index (κ3) is 4.88. The molecule has 1 aromatic carbocycles. The van der Waals surface area contributed by atoms with Crippen LogP contribution in [0.3, 0.4) is 0 Å². The van der Waals surface area contributed by atoms with Crippen LogP contribution in [-0.4, -0.2) is 40.8 Å². The average molecular weight is 448 g/mol. The topological polar surface area (TPSA) is 104 Å². The van der Waals surface area contributed by atoms with Crippen molar-refractivity contribution in [3.63, 3.8) is 0 Å². The summed E-state index contributed by atoms with van der Waals surface area (Å²) in [5.41, 5.74) is 0.683. The summed E-state index contributed by atoms with van der Waals surface area (Å²) in [6.45, 7) is 4.17. The molecule has 0 aliphatic rings. The van der Waals surface area contributed by atoms with Crippen molar-refractivity contribution in [3.05, 3.63) is 40.6 Å². The number of benzene rings is 1. The molecule has 3 N–H and O–H groups in total. The van der Waals surface area contributed by atoms with Gasteiger partial charge in [-0.2, -0.15) is 0 Å². The van der Waals surface area contributed by atoms with Gasteiger partial charge >= 0.3 is 0 Å². The minimum atomic E-state index is -0.0846. The molecule has 0 spiro atoms. The second kappa shape index (κ2) is 9.86. The highest BCUT2D eigenvalue weighted by Gasteiger charge is 2.21. The molecule has 0 aliphatic heterocycles. The van der Waals surface area contributed by atoms with E-state index in [1.54, 1.807) is 43.8 Å². The zero-order chi connectivity index (χ0) is 21.7. The highest BCUT2D eigenvalue weighted by Crippen LogP contribution is 2.33. The van der Waals surface area contributed by atoms with Crippen molar-refractivity contribution in [1.29, 1.82) is 0 Å². The van der Waals surface area contributed by atoms with Gasteiger partial charge in [0.25, 0.3) is 0 Å². The lowest BCUT2D eigenvalue weighted by atomic mass is 10.0. The minimum Gasteiger partial charge on any atom is -0.497 e. The summed E-state index contributed by atoms with van der Waals surface area (Å²) in [6.07, 6.45) is 0. The number of carbonyl (C=O) groups excluding carboxylic acids is 1. The Kier molecular flexibility index (Phi) is 7.22. The van der Waals surface area contributed by atoms with Gasteiger partial charge in [-0.3, -0.25) is 4.79 Å². The summed E-state index contributed by atoms with van der Waals surface area (Å²) in [7, 11) is 3.15. The van der Waals surface area contributed by atoms with Crippen molar-refractivity contribution in [2.45, 2.75) is 25.0 Å². The monoisotopic (exact) mass is 447 g/mol. The Balaban J connectivity index is 1.69. The van der Waals surface area contributed by atoms with Crippen LogP contribution in [0.5, 0.6) is 11.5 Å². The summed E-state index contributed by atoms with van der Waals surface area (Å²) < 4.78 is 12.0. The highest BCUT2D eigenvalue weighted by atomic mass is 32.2.